The van der Waals surface area contributed by atoms with Crippen LogP contribution in [0, 0.1) is 5.92 Å². The molecule has 1 aliphatic rings. The fourth-order valence-corrected chi connectivity index (χ4v) is 1.11. The molecule has 66 valence electrons. The van der Waals surface area contributed by atoms with E-state index in [2.05, 4.69) is 5.32 Å². The molecule has 1 fully saturated rings. The topological polar surface area (TPSA) is 104 Å². The maximum atomic E-state index is 10.6. The summed E-state index contributed by atoms with van der Waals surface area (Å²) >= 11 is 0. The molecule has 1 rings (SSSR count). The Bertz CT molecular complexity index is 224. The smallest absolute Gasteiger partial charge is 0.327 e. The van der Waals surface area contributed by atoms with E-state index in [0.29, 0.717) is 0 Å². The summed E-state index contributed by atoms with van der Waals surface area (Å²) in [6.07, 6.45) is -0.258. The standard InChI is InChI=1S/C6H7NO5/c8-3-1-2(5(9)10)4(7-3)6(11)12/h2,4H,1H2,(H,7,8)(H,9,10)(H,11,12)/t2-,4?/m0/s1. The normalized spacial score (nSPS) is 28.2. The van der Waals surface area contributed by atoms with Crippen molar-refractivity contribution in [2.75, 3.05) is 0 Å². The second-order valence-electron chi connectivity index (χ2n) is 2.53. The Labute approximate surface area is 67.2 Å². The maximum Gasteiger partial charge on any atom is 0.327 e. The van der Waals surface area contributed by atoms with Crippen LogP contribution in [0.15, 0.2) is 0 Å². The lowest BCUT2D eigenvalue weighted by Crippen LogP contribution is -2.39. The summed E-state index contributed by atoms with van der Waals surface area (Å²) in [6.45, 7) is 0. The SMILES string of the molecule is O=C1C[C@H](C(=O)O)C(C(=O)O)N1. The first kappa shape index (κ1) is 8.51. The average molecular weight is 173 g/mol. The van der Waals surface area contributed by atoms with Crippen molar-refractivity contribution < 1.29 is 24.6 Å². The number of carbonyl (C=O) groups is 3. The van der Waals surface area contributed by atoms with Gasteiger partial charge in [0, 0.05) is 6.42 Å². The van der Waals surface area contributed by atoms with E-state index in [4.69, 9.17) is 10.2 Å². The zero-order valence-electron chi connectivity index (χ0n) is 5.98. The van der Waals surface area contributed by atoms with Crippen LogP contribution in [0.5, 0.6) is 0 Å². The molecular weight excluding hydrogens is 166 g/mol. The van der Waals surface area contributed by atoms with Crippen LogP contribution in [-0.2, 0) is 14.4 Å². The molecule has 0 aromatic rings. The number of hydrogen-bond donors (Lipinski definition) is 3. The highest BCUT2D eigenvalue weighted by molar-refractivity contribution is 5.94. The Balaban J connectivity index is 2.79. The first-order chi connectivity index (χ1) is 5.52. The Kier molecular flexibility index (Phi) is 1.99. The molecule has 0 aromatic carbocycles. The first-order valence-corrected chi connectivity index (χ1v) is 3.27. The summed E-state index contributed by atoms with van der Waals surface area (Å²) < 4.78 is 0. The summed E-state index contributed by atoms with van der Waals surface area (Å²) in [4.78, 5) is 31.4. The predicted octanol–water partition coefficient (Wildman–Crippen LogP) is -1.34. The summed E-state index contributed by atoms with van der Waals surface area (Å²) in [7, 11) is 0. The van der Waals surface area contributed by atoms with E-state index in [1.165, 1.54) is 0 Å². The molecule has 0 bridgehead atoms. The molecule has 1 heterocycles. The molecule has 12 heavy (non-hydrogen) atoms. The van der Waals surface area contributed by atoms with Gasteiger partial charge in [-0.05, 0) is 0 Å². The van der Waals surface area contributed by atoms with Crippen LogP contribution in [0.3, 0.4) is 0 Å². The minimum Gasteiger partial charge on any atom is -0.481 e. The lowest BCUT2D eigenvalue weighted by Gasteiger charge is -2.08. The molecule has 1 saturated heterocycles. The molecular formula is C6H7NO5. The van der Waals surface area contributed by atoms with Crippen molar-refractivity contribution in [2.45, 2.75) is 12.5 Å². The van der Waals surface area contributed by atoms with E-state index in [0.717, 1.165) is 0 Å². The minimum absolute atomic E-state index is 0.258. The average Bonchev–Trinajstić information content (AvgIpc) is 2.31. The van der Waals surface area contributed by atoms with E-state index in [9.17, 15) is 14.4 Å². The molecule has 2 atom stereocenters. The molecule has 1 aliphatic heterocycles. The third kappa shape index (κ3) is 1.36. The molecule has 1 unspecified atom stereocenters. The van der Waals surface area contributed by atoms with Crippen LogP contribution in [-0.4, -0.2) is 34.1 Å². The van der Waals surface area contributed by atoms with E-state index >= 15 is 0 Å². The van der Waals surface area contributed by atoms with Crippen molar-refractivity contribution in [3.63, 3.8) is 0 Å². The van der Waals surface area contributed by atoms with Crippen molar-refractivity contribution in [3.05, 3.63) is 0 Å². The highest BCUT2D eigenvalue weighted by atomic mass is 16.4. The number of carbonyl (C=O) groups excluding carboxylic acids is 1. The zero-order valence-corrected chi connectivity index (χ0v) is 5.98. The zero-order chi connectivity index (χ0) is 9.30. The lowest BCUT2D eigenvalue weighted by atomic mass is 10.0. The Hall–Kier alpha value is -1.59. The van der Waals surface area contributed by atoms with Crippen LogP contribution in [0.2, 0.25) is 0 Å². The van der Waals surface area contributed by atoms with Crippen LogP contribution < -0.4 is 5.32 Å². The number of amides is 1. The van der Waals surface area contributed by atoms with Crippen LogP contribution >= 0.6 is 0 Å². The molecule has 6 nitrogen and oxygen atoms in total. The second-order valence-corrected chi connectivity index (χ2v) is 2.53. The molecule has 0 aliphatic carbocycles. The first-order valence-electron chi connectivity index (χ1n) is 3.27. The predicted molar refractivity (Wildman–Crippen MR) is 35.3 cm³/mol. The monoisotopic (exact) mass is 173 g/mol. The summed E-state index contributed by atoms with van der Waals surface area (Å²) in [6, 6.07) is -1.28. The molecule has 0 spiro atoms. The van der Waals surface area contributed by atoms with Gasteiger partial charge in [-0.1, -0.05) is 0 Å². The van der Waals surface area contributed by atoms with Gasteiger partial charge in [-0.3, -0.25) is 9.59 Å². The van der Waals surface area contributed by atoms with E-state index in [1.807, 2.05) is 0 Å². The molecule has 0 radical (unpaired) electrons. The number of rotatable bonds is 2. The molecule has 6 heteroatoms. The minimum atomic E-state index is -1.31. The summed E-state index contributed by atoms with van der Waals surface area (Å²) in [5.41, 5.74) is 0. The van der Waals surface area contributed by atoms with Gasteiger partial charge in [0.25, 0.3) is 0 Å². The maximum absolute atomic E-state index is 10.6. The van der Waals surface area contributed by atoms with Crippen molar-refractivity contribution in [2.24, 2.45) is 5.92 Å². The number of nitrogens with one attached hydrogen (secondary N) is 1. The van der Waals surface area contributed by atoms with Gasteiger partial charge >= 0.3 is 11.9 Å². The summed E-state index contributed by atoms with van der Waals surface area (Å²) in [5.74, 6) is -4.25. The van der Waals surface area contributed by atoms with Gasteiger partial charge in [0.15, 0.2) is 0 Å². The van der Waals surface area contributed by atoms with Crippen LogP contribution in [0.25, 0.3) is 0 Å². The number of carboxylic acid groups (broad SMARTS) is 2. The second kappa shape index (κ2) is 2.80. The molecule has 3 N–H and O–H groups in total. The Morgan fingerprint density at radius 1 is 1.33 bits per heavy atom. The Morgan fingerprint density at radius 3 is 2.25 bits per heavy atom. The van der Waals surface area contributed by atoms with Crippen molar-refractivity contribution in [1.29, 1.82) is 0 Å². The van der Waals surface area contributed by atoms with Gasteiger partial charge in [-0.2, -0.15) is 0 Å². The fraction of sp³-hybridized carbons (Fsp3) is 0.500. The Morgan fingerprint density at radius 2 is 1.92 bits per heavy atom. The van der Waals surface area contributed by atoms with E-state index in [1.54, 1.807) is 0 Å². The molecule has 1 amide bonds. The quantitative estimate of drug-likeness (QED) is 0.479. The highest BCUT2D eigenvalue weighted by Crippen LogP contribution is 2.16. The van der Waals surface area contributed by atoms with Gasteiger partial charge in [-0.25, -0.2) is 4.79 Å². The highest BCUT2D eigenvalue weighted by Gasteiger charge is 2.41. The van der Waals surface area contributed by atoms with Gasteiger partial charge in [0.1, 0.15) is 6.04 Å². The van der Waals surface area contributed by atoms with E-state index in [-0.39, 0.29) is 6.42 Å². The van der Waals surface area contributed by atoms with Crippen LogP contribution in [0.1, 0.15) is 6.42 Å². The van der Waals surface area contributed by atoms with E-state index < -0.39 is 29.8 Å². The number of carboxylic acids is 2. The van der Waals surface area contributed by atoms with Crippen LogP contribution in [0.4, 0.5) is 0 Å². The lowest BCUT2D eigenvalue weighted by molar-refractivity contribution is -0.149. The van der Waals surface area contributed by atoms with Gasteiger partial charge < -0.3 is 15.5 Å². The largest absolute Gasteiger partial charge is 0.481 e. The van der Waals surface area contributed by atoms with Gasteiger partial charge in [-0.15, -0.1) is 0 Å². The fourth-order valence-electron chi connectivity index (χ4n) is 1.11. The molecule has 0 saturated carbocycles. The summed E-state index contributed by atoms with van der Waals surface area (Å²) in [5, 5.41) is 19.0. The van der Waals surface area contributed by atoms with Crippen molar-refractivity contribution in [1.82, 2.24) is 5.32 Å². The third-order valence-corrected chi connectivity index (χ3v) is 1.71. The van der Waals surface area contributed by atoms with Gasteiger partial charge in [0.05, 0.1) is 5.92 Å². The van der Waals surface area contributed by atoms with Gasteiger partial charge in [0.2, 0.25) is 5.91 Å². The molecule has 0 aromatic heterocycles. The van der Waals surface area contributed by atoms with Crippen molar-refractivity contribution >= 4 is 17.8 Å². The number of hydrogen-bond acceptors (Lipinski definition) is 3. The van der Waals surface area contributed by atoms with Crippen molar-refractivity contribution in [3.8, 4) is 0 Å². The third-order valence-electron chi connectivity index (χ3n) is 1.71. The number of aliphatic carboxylic acids is 2.